The Bertz CT molecular complexity index is 1160. The van der Waals surface area contributed by atoms with Crippen molar-refractivity contribution in [2.75, 3.05) is 0 Å². The van der Waals surface area contributed by atoms with Gasteiger partial charge in [-0.2, -0.15) is 0 Å². The van der Waals surface area contributed by atoms with Gasteiger partial charge in [-0.15, -0.1) is 0 Å². The normalized spacial score (nSPS) is 11.1. The van der Waals surface area contributed by atoms with Crippen LogP contribution in [0.25, 0.3) is 10.9 Å². The molecule has 2 nitrogen and oxygen atoms in total. The minimum Gasteiger partial charge on any atom is -0.339 e. The Balaban J connectivity index is 1.82. The maximum atomic E-state index is 13.2. The lowest BCUT2D eigenvalue weighted by Gasteiger charge is -2.12. The molecule has 0 aliphatic rings. The molecule has 1 heterocycles. The van der Waals surface area contributed by atoms with Crippen molar-refractivity contribution in [1.29, 1.82) is 0 Å². The van der Waals surface area contributed by atoms with E-state index < -0.39 is 0 Å². The number of hydrogen-bond acceptors (Lipinski definition) is 1. The van der Waals surface area contributed by atoms with E-state index in [0.717, 1.165) is 39.7 Å². The zero-order chi connectivity index (χ0) is 20.4. The first-order chi connectivity index (χ1) is 14.0. The second kappa shape index (κ2) is 8.22. The van der Waals surface area contributed by atoms with Crippen LogP contribution < -0.4 is 0 Å². The largest absolute Gasteiger partial charge is 0.339 e. The first-order valence-electron chi connectivity index (χ1n) is 9.63. The van der Waals surface area contributed by atoms with E-state index >= 15 is 0 Å². The predicted octanol–water partition coefficient (Wildman–Crippen LogP) is 6.47. The van der Waals surface area contributed by atoms with Gasteiger partial charge in [0.15, 0.2) is 5.78 Å². The minimum absolute atomic E-state index is 0.0261. The van der Waals surface area contributed by atoms with Crippen molar-refractivity contribution >= 4 is 28.3 Å². The molecule has 0 saturated carbocycles. The van der Waals surface area contributed by atoms with Crippen LogP contribution in [0.2, 0.25) is 5.02 Å². The number of halogens is 2. The van der Waals surface area contributed by atoms with Crippen LogP contribution in [0.15, 0.2) is 72.8 Å². The van der Waals surface area contributed by atoms with Crippen LogP contribution >= 0.6 is 11.6 Å². The zero-order valence-corrected chi connectivity index (χ0v) is 16.9. The maximum Gasteiger partial charge on any atom is 0.162 e. The van der Waals surface area contributed by atoms with E-state index in [1.807, 2.05) is 36.4 Å². The average Bonchev–Trinajstić information content (AvgIpc) is 3.01. The second-order valence-corrected chi connectivity index (χ2v) is 7.67. The highest BCUT2D eigenvalue weighted by atomic mass is 35.5. The molecule has 29 heavy (non-hydrogen) atoms. The number of nitrogens with zero attached hydrogens (tertiary/aromatic N) is 1. The molecule has 0 spiro atoms. The average molecular weight is 406 g/mol. The summed E-state index contributed by atoms with van der Waals surface area (Å²) >= 11 is 6.25. The fourth-order valence-corrected chi connectivity index (χ4v) is 4.06. The van der Waals surface area contributed by atoms with Gasteiger partial charge in [0, 0.05) is 33.7 Å². The number of aryl methyl sites for hydroxylation is 1. The van der Waals surface area contributed by atoms with Gasteiger partial charge < -0.3 is 4.57 Å². The van der Waals surface area contributed by atoms with Gasteiger partial charge in [0.25, 0.3) is 0 Å². The molecule has 0 amide bonds. The summed E-state index contributed by atoms with van der Waals surface area (Å²) in [6.45, 7) is 2.27. The SMILES string of the molecule is CC(=O)c1c(CCc2ccc(F)cc2)n(Cc2ccccc2)c2ccc(Cl)cc12. The van der Waals surface area contributed by atoms with Crippen LogP contribution in [-0.4, -0.2) is 10.4 Å². The molecule has 0 radical (unpaired) electrons. The van der Waals surface area contributed by atoms with E-state index in [0.29, 0.717) is 18.0 Å². The van der Waals surface area contributed by atoms with Crippen LogP contribution in [-0.2, 0) is 19.4 Å². The smallest absolute Gasteiger partial charge is 0.162 e. The lowest BCUT2D eigenvalue weighted by atomic mass is 10.0. The van der Waals surface area contributed by atoms with E-state index in [2.05, 4.69) is 16.7 Å². The third-order valence-electron chi connectivity index (χ3n) is 5.23. The number of fused-ring (bicyclic) bond motifs is 1. The first kappa shape index (κ1) is 19.4. The van der Waals surface area contributed by atoms with Crippen LogP contribution in [0.5, 0.6) is 0 Å². The van der Waals surface area contributed by atoms with Crippen LogP contribution in [0.3, 0.4) is 0 Å². The number of rotatable bonds is 6. The number of carbonyl (C=O) groups is 1. The first-order valence-corrected chi connectivity index (χ1v) is 10.0. The molecule has 0 atom stereocenters. The highest BCUT2D eigenvalue weighted by molar-refractivity contribution is 6.31. The van der Waals surface area contributed by atoms with Crippen LogP contribution in [0.4, 0.5) is 4.39 Å². The number of aromatic nitrogens is 1. The molecule has 0 N–H and O–H groups in total. The Hall–Kier alpha value is -2.91. The summed E-state index contributed by atoms with van der Waals surface area (Å²) in [6, 6.07) is 22.4. The van der Waals surface area contributed by atoms with E-state index in [-0.39, 0.29) is 11.6 Å². The number of Topliss-reactive ketones (excluding diaryl/α,β-unsaturated/α-hetero) is 1. The molecular weight excluding hydrogens is 385 g/mol. The summed E-state index contributed by atoms with van der Waals surface area (Å²) in [6.07, 6.45) is 1.40. The molecule has 0 unspecified atom stereocenters. The second-order valence-electron chi connectivity index (χ2n) is 7.24. The molecule has 0 aliphatic heterocycles. The van der Waals surface area contributed by atoms with Crippen molar-refractivity contribution in [2.45, 2.75) is 26.3 Å². The minimum atomic E-state index is -0.244. The molecule has 0 bridgehead atoms. The molecule has 0 fully saturated rings. The third-order valence-corrected chi connectivity index (χ3v) is 5.47. The summed E-state index contributed by atoms with van der Waals surface area (Å²) in [5.74, 6) is -0.218. The summed E-state index contributed by atoms with van der Waals surface area (Å²) < 4.78 is 15.5. The molecule has 4 rings (SSSR count). The molecular formula is C25H21ClFNO. The van der Waals surface area contributed by atoms with Gasteiger partial charge in [-0.3, -0.25) is 4.79 Å². The van der Waals surface area contributed by atoms with Gasteiger partial charge in [0.1, 0.15) is 5.82 Å². The number of benzene rings is 3. The number of hydrogen-bond donors (Lipinski definition) is 0. The van der Waals surface area contributed by atoms with Gasteiger partial charge in [-0.05, 0) is 61.2 Å². The lowest BCUT2D eigenvalue weighted by molar-refractivity contribution is 0.101. The predicted molar refractivity (Wildman–Crippen MR) is 116 cm³/mol. The molecule has 0 saturated heterocycles. The van der Waals surface area contributed by atoms with Crippen molar-refractivity contribution in [3.63, 3.8) is 0 Å². The topological polar surface area (TPSA) is 22.0 Å². The number of ketones is 1. The molecule has 4 aromatic rings. The molecule has 0 aliphatic carbocycles. The van der Waals surface area contributed by atoms with E-state index in [1.165, 1.54) is 12.1 Å². The summed E-state index contributed by atoms with van der Waals surface area (Å²) in [7, 11) is 0. The molecule has 1 aromatic heterocycles. The van der Waals surface area contributed by atoms with Crippen molar-refractivity contribution < 1.29 is 9.18 Å². The molecule has 146 valence electrons. The number of carbonyl (C=O) groups excluding carboxylic acids is 1. The van der Waals surface area contributed by atoms with Gasteiger partial charge in [-0.25, -0.2) is 4.39 Å². The van der Waals surface area contributed by atoms with Crippen LogP contribution in [0.1, 0.15) is 34.1 Å². The van der Waals surface area contributed by atoms with Gasteiger partial charge in [-0.1, -0.05) is 54.1 Å². The monoisotopic (exact) mass is 405 g/mol. The van der Waals surface area contributed by atoms with Crippen molar-refractivity contribution in [3.8, 4) is 0 Å². The maximum absolute atomic E-state index is 13.2. The van der Waals surface area contributed by atoms with Gasteiger partial charge in [0.2, 0.25) is 0 Å². The standard InChI is InChI=1S/C25H21ClFNO/c1-17(29)25-22-15-20(26)10-14-23(22)28(16-19-5-3-2-4-6-19)24(25)13-9-18-7-11-21(27)12-8-18/h2-8,10-12,14-15H,9,13,16H2,1H3. The van der Waals surface area contributed by atoms with Crippen molar-refractivity contribution in [2.24, 2.45) is 0 Å². The van der Waals surface area contributed by atoms with Gasteiger partial charge >= 0.3 is 0 Å². The van der Waals surface area contributed by atoms with E-state index in [4.69, 9.17) is 11.6 Å². The van der Waals surface area contributed by atoms with Gasteiger partial charge in [0.05, 0.1) is 0 Å². The molecule has 4 heteroatoms. The Morgan fingerprint density at radius 3 is 2.34 bits per heavy atom. The Kier molecular flexibility index (Phi) is 5.50. The summed E-state index contributed by atoms with van der Waals surface area (Å²) in [4.78, 5) is 12.6. The quantitative estimate of drug-likeness (QED) is 0.337. The highest BCUT2D eigenvalue weighted by Crippen LogP contribution is 2.31. The zero-order valence-electron chi connectivity index (χ0n) is 16.2. The summed E-state index contributed by atoms with van der Waals surface area (Å²) in [5, 5.41) is 1.50. The van der Waals surface area contributed by atoms with E-state index in [9.17, 15) is 9.18 Å². The Morgan fingerprint density at radius 2 is 1.66 bits per heavy atom. The lowest BCUT2D eigenvalue weighted by Crippen LogP contribution is -2.09. The van der Waals surface area contributed by atoms with Crippen molar-refractivity contribution in [3.05, 3.63) is 106 Å². The Morgan fingerprint density at radius 1 is 0.931 bits per heavy atom. The van der Waals surface area contributed by atoms with E-state index in [1.54, 1.807) is 19.1 Å². The van der Waals surface area contributed by atoms with Crippen molar-refractivity contribution in [1.82, 2.24) is 4.57 Å². The summed E-state index contributed by atoms with van der Waals surface area (Å²) in [5.41, 5.74) is 4.91. The fourth-order valence-electron chi connectivity index (χ4n) is 3.89. The van der Waals surface area contributed by atoms with Crippen LogP contribution in [0, 0.1) is 5.82 Å². The Labute approximate surface area is 174 Å². The molecule has 3 aromatic carbocycles. The third kappa shape index (κ3) is 4.10. The highest BCUT2D eigenvalue weighted by Gasteiger charge is 2.20. The fraction of sp³-hybridized carbons (Fsp3) is 0.160.